The van der Waals surface area contributed by atoms with Crippen molar-refractivity contribution in [3.63, 3.8) is 0 Å². The lowest BCUT2D eigenvalue weighted by atomic mass is 9.95. The monoisotopic (exact) mass is 259 g/mol. The van der Waals surface area contributed by atoms with Gasteiger partial charge >= 0.3 is 0 Å². The number of hydrogen-bond acceptors (Lipinski definition) is 3. The number of carbonyl (C=O) groups is 1. The normalized spacial score (nSPS) is 28.4. The molecule has 4 heteroatoms. The van der Waals surface area contributed by atoms with Crippen molar-refractivity contribution in [2.45, 2.75) is 38.6 Å². The van der Waals surface area contributed by atoms with Gasteiger partial charge in [0.05, 0.1) is 17.4 Å². The van der Waals surface area contributed by atoms with Crippen LogP contribution >= 0.6 is 0 Å². The van der Waals surface area contributed by atoms with Crippen LogP contribution in [0.5, 0.6) is 0 Å². The molecule has 2 N–H and O–H groups in total. The van der Waals surface area contributed by atoms with Gasteiger partial charge in [0.2, 0.25) is 0 Å². The lowest BCUT2D eigenvalue weighted by Crippen LogP contribution is -2.38. The summed E-state index contributed by atoms with van der Waals surface area (Å²) in [6.45, 7) is 2.81. The van der Waals surface area contributed by atoms with Crippen LogP contribution in [0.1, 0.15) is 43.0 Å². The molecule has 19 heavy (non-hydrogen) atoms. The lowest BCUT2D eigenvalue weighted by Gasteiger charge is -2.23. The van der Waals surface area contributed by atoms with Gasteiger partial charge in [-0.3, -0.25) is 9.78 Å². The molecular formula is C15H21N3O. The van der Waals surface area contributed by atoms with Crippen molar-refractivity contribution in [3.05, 3.63) is 24.0 Å². The summed E-state index contributed by atoms with van der Waals surface area (Å²) in [4.78, 5) is 16.5. The Hall–Kier alpha value is -1.58. The van der Waals surface area contributed by atoms with Gasteiger partial charge in [0.1, 0.15) is 0 Å². The number of anilines is 1. The van der Waals surface area contributed by atoms with E-state index < -0.39 is 0 Å². The fraction of sp³-hybridized carbons (Fsp3) is 0.600. The first-order valence-corrected chi connectivity index (χ1v) is 7.26. The van der Waals surface area contributed by atoms with E-state index in [2.05, 4.69) is 15.6 Å². The molecule has 0 saturated heterocycles. The summed E-state index contributed by atoms with van der Waals surface area (Å²) in [7, 11) is 0. The van der Waals surface area contributed by atoms with Gasteiger partial charge in [-0.05, 0) is 44.1 Å². The molecule has 2 aliphatic carbocycles. The molecule has 1 aromatic heterocycles. The average Bonchev–Trinajstić information content (AvgIpc) is 3.02. The number of fused-ring (bicyclic) bond motifs is 2. The Bertz CT molecular complexity index is 474. The molecule has 2 fully saturated rings. The minimum atomic E-state index is 0.0379. The first kappa shape index (κ1) is 12.5. The average molecular weight is 259 g/mol. The Balaban J connectivity index is 1.70. The maximum Gasteiger partial charge on any atom is 0.253 e. The van der Waals surface area contributed by atoms with Crippen molar-refractivity contribution < 1.29 is 4.79 Å². The van der Waals surface area contributed by atoms with E-state index >= 15 is 0 Å². The van der Waals surface area contributed by atoms with Crippen LogP contribution in [0.2, 0.25) is 0 Å². The van der Waals surface area contributed by atoms with Crippen molar-refractivity contribution >= 4 is 11.6 Å². The molecule has 3 atom stereocenters. The first-order chi connectivity index (χ1) is 9.28. The van der Waals surface area contributed by atoms with Crippen molar-refractivity contribution in [2.75, 3.05) is 11.9 Å². The molecule has 0 spiro atoms. The smallest absolute Gasteiger partial charge is 0.253 e. The van der Waals surface area contributed by atoms with Crippen LogP contribution in [0.4, 0.5) is 5.69 Å². The molecule has 1 heterocycles. The van der Waals surface area contributed by atoms with E-state index in [9.17, 15) is 4.79 Å². The van der Waals surface area contributed by atoms with Gasteiger partial charge in [-0.2, -0.15) is 0 Å². The number of nitrogens with zero attached hydrogens (tertiary/aromatic N) is 1. The number of aromatic nitrogens is 1. The standard InChI is InChI=1S/C15H21N3O/c1-2-17-14-9-16-6-5-12(14)15(19)18-13-8-10-3-4-11(13)7-10/h5-6,9-11,13,17H,2-4,7-8H2,1H3,(H,18,19). The number of amides is 1. The van der Waals surface area contributed by atoms with Crippen LogP contribution in [0.15, 0.2) is 18.5 Å². The lowest BCUT2D eigenvalue weighted by molar-refractivity contribution is 0.0923. The zero-order valence-corrected chi connectivity index (χ0v) is 11.4. The highest BCUT2D eigenvalue weighted by atomic mass is 16.1. The van der Waals surface area contributed by atoms with E-state index in [-0.39, 0.29) is 5.91 Å². The molecule has 0 radical (unpaired) electrons. The summed E-state index contributed by atoms with van der Waals surface area (Å²) in [5, 5.41) is 6.41. The highest BCUT2D eigenvalue weighted by Crippen LogP contribution is 2.44. The Morgan fingerprint density at radius 3 is 3.00 bits per heavy atom. The second-order valence-corrected chi connectivity index (χ2v) is 5.71. The fourth-order valence-electron chi connectivity index (χ4n) is 3.59. The van der Waals surface area contributed by atoms with Gasteiger partial charge in [0, 0.05) is 18.8 Å². The van der Waals surface area contributed by atoms with Gasteiger partial charge in [0.25, 0.3) is 5.91 Å². The fourth-order valence-corrected chi connectivity index (χ4v) is 3.59. The van der Waals surface area contributed by atoms with Crippen LogP contribution in [-0.2, 0) is 0 Å². The highest BCUT2D eigenvalue weighted by Gasteiger charge is 2.40. The second kappa shape index (κ2) is 5.19. The Kier molecular flexibility index (Phi) is 3.40. The van der Waals surface area contributed by atoms with Crippen LogP contribution in [0.25, 0.3) is 0 Å². The van der Waals surface area contributed by atoms with E-state index in [1.807, 2.05) is 6.92 Å². The Morgan fingerprint density at radius 1 is 1.42 bits per heavy atom. The summed E-state index contributed by atoms with van der Waals surface area (Å²) in [5.41, 5.74) is 1.53. The summed E-state index contributed by atoms with van der Waals surface area (Å²) >= 11 is 0. The van der Waals surface area contributed by atoms with E-state index in [1.165, 1.54) is 19.3 Å². The van der Waals surface area contributed by atoms with Crippen LogP contribution in [-0.4, -0.2) is 23.5 Å². The summed E-state index contributed by atoms with van der Waals surface area (Å²) in [6, 6.07) is 2.18. The molecule has 1 aromatic rings. The SMILES string of the molecule is CCNc1cnccc1C(=O)NC1CC2CCC1C2. The predicted octanol–water partition coefficient (Wildman–Crippen LogP) is 2.43. The van der Waals surface area contributed by atoms with Crippen molar-refractivity contribution in [1.82, 2.24) is 10.3 Å². The van der Waals surface area contributed by atoms with Gasteiger partial charge < -0.3 is 10.6 Å². The minimum Gasteiger partial charge on any atom is -0.383 e. The third kappa shape index (κ3) is 2.44. The van der Waals surface area contributed by atoms with E-state index in [4.69, 9.17) is 0 Å². The predicted molar refractivity (Wildman–Crippen MR) is 75.1 cm³/mol. The zero-order chi connectivity index (χ0) is 13.2. The number of pyridine rings is 1. The molecule has 2 saturated carbocycles. The third-order valence-electron chi connectivity index (χ3n) is 4.49. The minimum absolute atomic E-state index is 0.0379. The Labute approximate surface area is 114 Å². The largest absolute Gasteiger partial charge is 0.383 e. The number of hydrogen-bond donors (Lipinski definition) is 2. The maximum absolute atomic E-state index is 12.4. The van der Waals surface area contributed by atoms with Crippen molar-refractivity contribution in [1.29, 1.82) is 0 Å². The molecule has 3 unspecified atom stereocenters. The summed E-state index contributed by atoms with van der Waals surface area (Å²) in [6.07, 6.45) is 8.51. The third-order valence-corrected chi connectivity index (χ3v) is 4.49. The molecule has 3 rings (SSSR count). The van der Waals surface area contributed by atoms with Gasteiger partial charge in [-0.15, -0.1) is 0 Å². The quantitative estimate of drug-likeness (QED) is 0.873. The van der Waals surface area contributed by atoms with Crippen molar-refractivity contribution in [2.24, 2.45) is 11.8 Å². The summed E-state index contributed by atoms with van der Waals surface area (Å²) in [5.74, 6) is 1.59. The molecule has 102 valence electrons. The van der Waals surface area contributed by atoms with Gasteiger partial charge in [-0.1, -0.05) is 6.42 Å². The molecular weight excluding hydrogens is 238 g/mol. The second-order valence-electron chi connectivity index (χ2n) is 5.71. The number of nitrogens with one attached hydrogen (secondary N) is 2. The van der Waals surface area contributed by atoms with Crippen LogP contribution < -0.4 is 10.6 Å². The van der Waals surface area contributed by atoms with E-state index in [0.29, 0.717) is 17.5 Å². The molecule has 2 bridgehead atoms. The van der Waals surface area contributed by atoms with Gasteiger partial charge in [-0.25, -0.2) is 0 Å². The maximum atomic E-state index is 12.4. The number of carbonyl (C=O) groups excluding carboxylic acids is 1. The molecule has 0 aromatic carbocycles. The zero-order valence-electron chi connectivity index (χ0n) is 11.4. The van der Waals surface area contributed by atoms with Crippen LogP contribution in [0.3, 0.4) is 0 Å². The molecule has 1 amide bonds. The highest BCUT2D eigenvalue weighted by molar-refractivity contribution is 5.99. The van der Waals surface area contributed by atoms with E-state index in [0.717, 1.165) is 24.6 Å². The van der Waals surface area contributed by atoms with Crippen molar-refractivity contribution in [3.8, 4) is 0 Å². The molecule has 2 aliphatic rings. The van der Waals surface area contributed by atoms with E-state index in [1.54, 1.807) is 18.5 Å². The topological polar surface area (TPSA) is 54.0 Å². The molecule has 0 aliphatic heterocycles. The van der Waals surface area contributed by atoms with Crippen LogP contribution in [0, 0.1) is 11.8 Å². The Morgan fingerprint density at radius 2 is 2.32 bits per heavy atom. The van der Waals surface area contributed by atoms with Gasteiger partial charge in [0.15, 0.2) is 0 Å². The summed E-state index contributed by atoms with van der Waals surface area (Å²) < 4.78 is 0. The number of rotatable bonds is 4. The first-order valence-electron chi connectivity index (χ1n) is 7.26. The molecule has 4 nitrogen and oxygen atoms in total.